The van der Waals surface area contributed by atoms with Crippen molar-refractivity contribution in [2.75, 3.05) is 11.1 Å². The molecule has 4 heteroatoms. The fraction of sp³-hybridized carbons (Fsp3) is 0.714. The van der Waals surface area contributed by atoms with Crippen LogP contribution in [0.4, 0.5) is 11.6 Å². The molecule has 1 aromatic rings. The zero-order valence-electron chi connectivity index (χ0n) is 11.6. The number of nitrogens with two attached hydrogens (primary N) is 1. The molecule has 4 nitrogen and oxygen atoms in total. The van der Waals surface area contributed by atoms with Crippen molar-refractivity contribution in [2.24, 2.45) is 5.92 Å². The van der Waals surface area contributed by atoms with Gasteiger partial charge in [0.25, 0.3) is 0 Å². The first-order valence-corrected chi connectivity index (χ1v) is 6.95. The van der Waals surface area contributed by atoms with Gasteiger partial charge in [0.2, 0.25) is 0 Å². The maximum atomic E-state index is 5.83. The van der Waals surface area contributed by atoms with Gasteiger partial charge in [0.15, 0.2) is 0 Å². The van der Waals surface area contributed by atoms with Crippen molar-refractivity contribution in [3.63, 3.8) is 0 Å². The minimum absolute atomic E-state index is 0.425. The SMILES string of the molecule is CC(C)CCC(C)Nc1cc(N)nc(C2CC2)n1. The van der Waals surface area contributed by atoms with Crippen LogP contribution in [0.2, 0.25) is 0 Å². The highest BCUT2D eigenvalue weighted by atomic mass is 15.1. The van der Waals surface area contributed by atoms with Crippen LogP contribution in [-0.4, -0.2) is 16.0 Å². The quantitative estimate of drug-likeness (QED) is 0.811. The van der Waals surface area contributed by atoms with Gasteiger partial charge in [0.1, 0.15) is 17.5 Å². The molecule has 1 saturated carbocycles. The van der Waals surface area contributed by atoms with E-state index in [0.29, 0.717) is 17.8 Å². The maximum Gasteiger partial charge on any atom is 0.136 e. The summed E-state index contributed by atoms with van der Waals surface area (Å²) in [6.45, 7) is 6.69. The van der Waals surface area contributed by atoms with Crippen molar-refractivity contribution >= 4 is 11.6 Å². The summed E-state index contributed by atoms with van der Waals surface area (Å²) in [5, 5.41) is 3.43. The second-order valence-corrected chi connectivity index (χ2v) is 5.83. The molecule has 1 heterocycles. The Kier molecular flexibility index (Phi) is 4.04. The molecule has 1 aliphatic rings. The standard InChI is InChI=1S/C14H24N4/c1-9(2)4-5-10(3)16-13-8-12(15)17-14(18-13)11-6-7-11/h8-11H,4-7H2,1-3H3,(H3,15,16,17,18). The molecule has 0 spiro atoms. The molecular formula is C14H24N4. The van der Waals surface area contributed by atoms with Gasteiger partial charge >= 0.3 is 0 Å². The van der Waals surface area contributed by atoms with E-state index in [4.69, 9.17) is 5.73 Å². The molecular weight excluding hydrogens is 224 g/mol. The molecule has 2 rings (SSSR count). The van der Waals surface area contributed by atoms with Crippen molar-refractivity contribution < 1.29 is 0 Å². The Morgan fingerprint density at radius 2 is 2.00 bits per heavy atom. The smallest absolute Gasteiger partial charge is 0.136 e. The van der Waals surface area contributed by atoms with E-state index in [0.717, 1.165) is 24.0 Å². The molecule has 0 aromatic carbocycles. The number of hydrogen-bond acceptors (Lipinski definition) is 4. The highest BCUT2D eigenvalue weighted by molar-refractivity contribution is 5.45. The molecule has 0 saturated heterocycles. The van der Waals surface area contributed by atoms with E-state index >= 15 is 0 Å². The summed E-state index contributed by atoms with van der Waals surface area (Å²) in [4.78, 5) is 8.86. The molecule has 3 N–H and O–H groups in total. The number of aromatic nitrogens is 2. The van der Waals surface area contributed by atoms with Crippen LogP contribution in [0, 0.1) is 5.92 Å². The normalized spacial score (nSPS) is 16.9. The molecule has 1 aromatic heterocycles. The van der Waals surface area contributed by atoms with E-state index in [1.54, 1.807) is 0 Å². The van der Waals surface area contributed by atoms with Crippen LogP contribution in [0.5, 0.6) is 0 Å². The number of rotatable bonds is 6. The summed E-state index contributed by atoms with van der Waals surface area (Å²) in [5.41, 5.74) is 5.83. The van der Waals surface area contributed by atoms with Crippen LogP contribution in [0.15, 0.2) is 6.07 Å². The summed E-state index contributed by atoms with van der Waals surface area (Å²) < 4.78 is 0. The van der Waals surface area contributed by atoms with Gasteiger partial charge in [-0.05, 0) is 38.5 Å². The zero-order valence-corrected chi connectivity index (χ0v) is 11.6. The van der Waals surface area contributed by atoms with Crippen LogP contribution >= 0.6 is 0 Å². The molecule has 0 amide bonds. The topological polar surface area (TPSA) is 63.8 Å². The molecule has 1 unspecified atom stereocenters. The molecule has 1 aliphatic carbocycles. The third-order valence-electron chi connectivity index (χ3n) is 3.28. The Morgan fingerprint density at radius 1 is 1.28 bits per heavy atom. The fourth-order valence-electron chi connectivity index (χ4n) is 1.99. The van der Waals surface area contributed by atoms with Crippen molar-refractivity contribution in [2.45, 2.75) is 58.4 Å². The number of hydrogen-bond donors (Lipinski definition) is 2. The van der Waals surface area contributed by atoms with Gasteiger partial charge < -0.3 is 11.1 Å². The first kappa shape index (κ1) is 13.1. The van der Waals surface area contributed by atoms with E-state index in [2.05, 4.69) is 36.1 Å². The first-order valence-electron chi connectivity index (χ1n) is 6.95. The highest BCUT2D eigenvalue weighted by Crippen LogP contribution is 2.38. The lowest BCUT2D eigenvalue weighted by Crippen LogP contribution is -2.17. The monoisotopic (exact) mass is 248 g/mol. The summed E-state index contributed by atoms with van der Waals surface area (Å²) in [6.07, 6.45) is 4.78. The van der Waals surface area contributed by atoms with Crippen LogP contribution in [-0.2, 0) is 0 Å². The third-order valence-corrected chi connectivity index (χ3v) is 3.28. The minimum Gasteiger partial charge on any atom is -0.384 e. The van der Waals surface area contributed by atoms with Gasteiger partial charge in [0, 0.05) is 18.0 Å². The second kappa shape index (κ2) is 5.55. The van der Waals surface area contributed by atoms with Crippen LogP contribution in [0.25, 0.3) is 0 Å². The largest absolute Gasteiger partial charge is 0.384 e. The molecule has 0 bridgehead atoms. The van der Waals surface area contributed by atoms with Gasteiger partial charge in [-0.3, -0.25) is 0 Å². The lowest BCUT2D eigenvalue weighted by atomic mass is 10.0. The summed E-state index contributed by atoms with van der Waals surface area (Å²) >= 11 is 0. The summed E-state index contributed by atoms with van der Waals surface area (Å²) in [7, 11) is 0. The number of nitrogens with one attached hydrogen (secondary N) is 1. The van der Waals surface area contributed by atoms with Crippen LogP contribution in [0.1, 0.15) is 58.2 Å². The van der Waals surface area contributed by atoms with E-state index in [9.17, 15) is 0 Å². The predicted molar refractivity (Wildman–Crippen MR) is 75.6 cm³/mol. The number of nitrogen functional groups attached to an aromatic ring is 1. The average Bonchev–Trinajstić information content (AvgIpc) is 3.09. The molecule has 1 fully saturated rings. The van der Waals surface area contributed by atoms with E-state index in [1.807, 2.05) is 6.07 Å². The average molecular weight is 248 g/mol. The summed E-state index contributed by atoms with van der Waals surface area (Å²) in [5.74, 6) is 3.64. The van der Waals surface area contributed by atoms with Gasteiger partial charge in [-0.2, -0.15) is 0 Å². The Bertz CT molecular complexity index is 399. The van der Waals surface area contributed by atoms with Gasteiger partial charge in [0.05, 0.1) is 0 Å². The Hall–Kier alpha value is -1.32. The Morgan fingerprint density at radius 3 is 2.61 bits per heavy atom. The molecule has 0 aliphatic heterocycles. The van der Waals surface area contributed by atoms with Crippen molar-refractivity contribution in [1.82, 2.24) is 9.97 Å². The van der Waals surface area contributed by atoms with Crippen molar-refractivity contribution in [1.29, 1.82) is 0 Å². The predicted octanol–water partition coefficient (Wildman–Crippen LogP) is 3.17. The second-order valence-electron chi connectivity index (χ2n) is 5.83. The molecule has 100 valence electrons. The maximum absolute atomic E-state index is 5.83. The van der Waals surface area contributed by atoms with E-state index in [-0.39, 0.29) is 0 Å². The highest BCUT2D eigenvalue weighted by Gasteiger charge is 2.27. The number of nitrogens with zero attached hydrogens (tertiary/aromatic N) is 2. The van der Waals surface area contributed by atoms with Crippen molar-refractivity contribution in [3.8, 4) is 0 Å². The fourth-order valence-corrected chi connectivity index (χ4v) is 1.99. The van der Waals surface area contributed by atoms with E-state index < -0.39 is 0 Å². The van der Waals surface area contributed by atoms with Gasteiger partial charge in [-0.15, -0.1) is 0 Å². The summed E-state index contributed by atoms with van der Waals surface area (Å²) in [6, 6.07) is 2.26. The van der Waals surface area contributed by atoms with Crippen LogP contribution in [0.3, 0.4) is 0 Å². The number of anilines is 2. The lowest BCUT2D eigenvalue weighted by Gasteiger charge is -2.16. The lowest BCUT2D eigenvalue weighted by molar-refractivity contribution is 0.527. The van der Waals surface area contributed by atoms with Gasteiger partial charge in [-0.25, -0.2) is 9.97 Å². The zero-order chi connectivity index (χ0) is 13.1. The first-order chi connectivity index (χ1) is 8.54. The minimum atomic E-state index is 0.425. The van der Waals surface area contributed by atoms with E-state index in [1.165, 1.54) is 19.3 Å². The van der Waals surface area contributed by atoms with Crippen molar-refractivity contribution in [3.05, 3.63) is 11.9 Å². The third kappa shape index (κ3) is 3.86. The van der Waals surface area contributed by atoms with Gasteiger partial charge in [-0.1, -0.05) is 13.8 Å². The molecule has 18 heavy (non-hydrogen) atoms. The van der Waals surface area contributed by atoms with Crippen LogP contribution < -0.4 is 11.1 Å². The Labute approximate surface area is 109 Å². The molecule has 1 atom stereocenters. The Balaban J connectivity index is 1.95. The molecule has 0 radical (unpaired) electrons.